The van der Waals surface area contributed by atoms with E-state index < -0.39 is 0 Å². The molecule has 1 N–H and O–H groups in total. The molecule has 47 valence electrons. The molecule has 1 rings (SSSR count). The number of hydrogen-bond acceptors (Lipinski definition) is 3. The number of carbonyl (C=O) groups excluding carboxylic acids is 1. The molecule has 0 bridgehead atoms. The fourth-order valence-corrected chi connectivity index (χ4v) is 0.610. The summed E-state index contributed by atoms with van der Waals surface area (Å²) in [5.41, 5.74) is 0.308. The van der Waals surface area contributed by atoms with Crippen LogP contribution in [0.5, 0.6) is 0 Å². The zero-order valence-corrected chi connectivity index (χ0v) is 5.01. The van der Waals surface area contributed by atoms with Gasteiger partial charge in [0.1, 0.15) is 17.5 Å². The average Bonchev–Trinajstić information content (AvgIpc) is 2.13. The smallest absolute Gasteiger partial charge is 0.150 e. The maximum absolute atomic E-state index is 9.92. The average molecular weight is 124 g/mol. The van der Waals surface area contributed by atoms with E-state index in [9.17, 15) is 4.79 Å². The van der Waals surface area contributed by atoms with Crippen LogP contribution in [0.25, 0.3) is 0 Å². The third-order valence-electron chi connectivity index (χ3n) is 1.11. The van der Waals surface area contributed by atoms with Crippen LogP contribution < -0.4 is 5.84 Å². The van der Waals surface area contributed by atoms with Crippen molar-refractivity contribution < 1.29 is 4.79 Å². The first kappa shape index (κ1) is 6.01. The number of hydrogen-bond donors (Lipinski definition) is 0. The first-order valence-corrected chi connectivity index (χ1v) is 2.52. The molecule has 0 aromatic heterocycles. The molecule has 0 fully saturated rings. The lowest BCUT2D eigenvalue weighted by Gasteiger charge is -2.04. The lowest BCUT2D eigenvalue weighted by molar-refractivity contribution is 0.472. The molecule has 4 heteroatoms. The van der Waals surface area contributed by atoms with Crippen molar-refractivity contribution in [2.75, 3.05) is 6.54 Å². The number of rotatable bonds is 0. The van der Waals surface area contributed by atoms with Crippen LogP contribution in [0, 0.1) is 0 Å². The predicted octanol–water partition coefficient (Wildman–Crippen LogP) is -0.366. The summed E-state index contributed by atoms with van der Waals surface area (Å²) in [6.07, 6.45) is 0. The van der Waals surface area contributed by atoms with Gasteiger partial charge in [0.15, 0.2) is 0 Å². The van der Waals surface area contributed by atoms with Crippen molar-refractivity contribution in [2.45, 2.75) is 6.92 Å². The third kappa shape index (κ3) is 0.988. The van der Waals surface area contributed by atoms with Gasteiger partial charge in [0.25, 0.3) is 0 Å². The highest BCUT2D eigenvalue weighted by atomic mass is 16.1. The summed E-state index contributed by atoms with van der Waals surface area (Å²) in [5, 5.41) is 1.15. The number of nitrogens with one attached hydrogen (secondary N) is 1. The zero-order chi connectivity index (χ0) is 6.85. The monoisotopic (exact) mass is 124 g/mol. The molecule has 1 heterocycles. The Bertz CT molecular complexity index is 202. The maximum Gasteiger partial charge on any atom is 0.150 e. The van der Waals surface area contributed by atoms with Crippen molar-refractivity contribution in [3.05, 3.63) is 5.70 Å². The molecule has 0 spiro atoms. The van der Waals surface area contributed by atoms with Crippen LogP contribution >= 0.6 is 0 Å². The second-order valence-electron chi connectivity index (χ2n) is 1.79. The highest BCUT2D eigenvalue weighted by Gasteiger charge is 2.13. The fraction of sp³-hybridized carbons (Fsp3) is 0.400. The van der Waals surface area contributed by atoms with Gasteiger partial charge in [0.05, 0.1) is 6.54 Å². The van der Waals surface area contributed by atoms with Gasteiger partial charge in [0, 0.05) is 0 Å². The van der Waals surface area contributed by atoms with Crippen molar-refractivity contribution in [3.8, 4) is 0 Å². The van der Waals surface area contributed by atoms with Crippen molar-refractivity contribution in [2.24, 2.45) is 4.99 Å². The molecule has 0 saturated carbocycles. The van der Waals surface area contributed by atoms with Crippen LogP contribution in [-0.2, 0) is 4.79 Å². The first-order chi connectivity index (χ1) is 4.24. The third-order valence-corrected chi connectivity index (χ3v) is 1.11. The van der Waals surface area contributed by atoms with E-state index >= 15 is 0 Å². The minimum atomic E-state index is 0.273. The number of amidine groups is 1. The normalized spacial score (nSPS) is 17.8. The Morgan fingerprint density at radius 1 is 1.89 bits per heavy atom. The molecule has 0 aliphatic carbocycles. The van der Waals surface area contributed by atoms with Gasteiger partial charge in [-0.15, -0.1) is 5.84 Å². The Hall–Kier alpha value is -1.12. The molecule has 0 aromatic rings. The van der Waals surface area contributed by atoms with Gasteiger partial charge in [-0.1, -0.05) is 0 Å². The summed E-state index contributed by atoms with van der Waals surface area (Å²) in [5.74, 6) is 9.27. The summed E-state index contributed by atoms with van der Waals surface area (Å²) in [6.45, 7) is 1.95. The molecular formula is C5H6N3O. The van der Waals surface area contributed by atoms with Crippen LogP contribution in [-0.4, -0.2) is 23.3 Å². The molecule has 0 atom stereocenters. The lowest BCUT2D eigenvalue weighted by atomic mass is 10.5. The van der Waals surface area contributed by atoms with E-state index in [1.165, 1.54) is 0 Å². The van der Waals surface area contributed by atoms with Gasteiger partial charge >= 0.3 is 0 Å². The summed E-state index contributed by atoms with van der Waals surface area (Å²) in [7, 11) is 0. The van der Waals surface area contributed by atoms with E-state index in [2.05, 4.69) is 4.99 Å². The maximum atomic E-state index is 9.92. The minimum Gasteiger partial charge on any atom is -0.274 e. The van der Waals surface area contributed by atoms with Gasteiger partial charge in [-0.25, -0.2) is 9.79 Å². The summed E-state index contributed by atoms with van der Waals surface area (Å²) in [6, 6.07) is 0. The Morgan fingerprint density at radius 3 is 2.78 bits per heavy atom. The van der Waals surface area contributed by atoms with Crippen molar-refractivity contribution >= 4 is 11.8 Å². The van der Waals surface area contributed by atoms with Crippen LogP contribution in [0.15, 0.2) is 10.7 Å². The summed E-state index contributed by atoms with van der Waals surface area (Å²) >= 11 is 0. The molecule has 1 aliphatic heterocycles. The highest BCUT2D eigenvalue weighted by molar-refractivity contribution is 5.84. The van der Waals surface area contributed by atoms with Crippen molar-refractivity contribution in [1.82, 2.24) is 10.9 Å². The van der Waals surface area contributed by atoms with Gasteiger partial charge < -0.3 is 0 Å². The Morgan fingerprint density at radius 2 is 2.56 bits per heavy atom. The summed E-state index contributed by atoms with van der Waals surface area (Å²) < 4.78 is 0. The molecule has 0 amide bonds. The molecule has 9 heavy (non-hydrogen) atoms. The van der Waals surface area contributed by atoms with Crippen molar-refractivity contribution in [1.29, 1.82) is 0 Å². The quantitative estimate of drug-likeness (QED) is 0.414. The molecule has 1 radical (unpaired) electrons. The highest BCUT2D eigenvalue weighted by Crippen LogP contribution is 2.04. The van der Waals surface area contributed by atoms with Gasteiger partial charge in [-0.2, -0.15) is 0 Å². The standard InChI is InChI=1S/C5H6N3O/c1-4-7-5(3-9)2-8(4)6/h6H,2H2,1H3. The molecule has 0 unspecified atom stereocenters. The van der Waals surface area contributed by atoms with E-state index in [4.69, 9.17) is 5.84 Å². The molecular weight excluding hydrogens is 118 g/mol. The second-order valence-corrected chi connectivity index (χ2v) is 1.79. The SMILES string of the molecule is CC1=NC(=C=O)CN1[NH]. The molecule has 0 aromatic carbocycles. The van der Waals surface area contributed by atoms with E-state index in [0.29, 0.717) is 11.5 Å². The van der Waals surface area contributed by atoms with E-state index in [1.54, 1.807) is 12.9 Å². The van der Waals surface area contributed by atoms with E-state index in [1.807, 2.05) is 0 Å². The number of nitrogens with zero attached hydrogens (tertiary/aromatic N) is 2. The Balaban J connectivity index is 2.86. The zero-order valence-electron chi connectivity index (χ0n) is 5.01. The Kier molecular flexibility index (Phi) is 1.34. The van der Waals surface area contributed by atoms with Gasteiger partial charge in [-0.05, 0) is 6.92 Å². The topological polar surface area (TPSA) is 56.5 Å². The Labute approximate surface area is 52.6 Å². The van der Waals surface area contributed by atoms with E-state index in [0.717, 1.165) is 5.01 Å². The number of aliphatic imine (C=N–C) groups is 1. The second kappa shape index (κ2) is 2.01. The van der Waals surface area contributed by atoms with Crippen LogP contribution in [0.4, 0.5) is 0 Å². The predicted molar refractivity (Wildman–Crippen MR) is 32.1 cm³/mol. The molecule has 1 aliphatic rings. The lowest BCUT2D eigenvalue weighted by Crippen LogP contribution is -2.22. The van der Waals surface area contributed by atoms with Crippen LogP contribution in [0.3, 0.4) is 0 Å². The molecule has 0 saturated heterocycles. The van der Waals surface area contributed by atoms with Gasteiger partial charge in [0.2, 0.25) is 0 Å². The minimum absolute atomic E-state index is 0.273. The summed E-state index contributed by atoms with van der Waals surface area (Å²) in [4.78, 5) is 13.7. The largest absolute Gasteiger partial charge is 0.274 e. The van der Waals surface area contributed by atoms with E-state index in [-0.39, 0.29) is 6.54 Å². The van der Waals surface area contributed by atoms with Gasteiger partial charge in [-0.3, -0.25) is 5.01 Å². The molecule has 4 nitrogen and oxygen atoms in total. The van der Waals surface area contributed by atoms with Crippen molar-refractivity contribution in [3.63, 3.8) is 0 Å². The van der Waals surface area contributed by atoms with Crippen LogP contribution in [0.2, 0.25) is 0 Å². The first-order valence-electron chi connectivity index (χ1n) is 2.52. The fourth-order valence-electron chi connectivity index (χ4n) is 0.610. The van der Waals surface area contributed by atoms with Crippen LogP contribution in [0.1, 0.15) is 6.92 Å².